The van der Waals surface area contributed by atoms with E-state index in [2.05, 4.69) is 5.32 Å². The summed E-state index contributed by atoms with van der Waals surface area (Å²) in [5.41, 5.74) is 0. The molecule has 100 valence electrons. The smallest absolute Gasteiger partial charge is 0.317 e. The average Bonchev–Trinajstić information content (AvgIpc) is 2.20. The zero-order valence-corrected chi connectivity index (χ0v) is 10.3. The molecule has 0 atom stereocenters. The Labute approximate surface area is 101 Å². The van der Waals surface area contributed by atoms with E-state index in [0.29, 0.717) is 13.1 Å². The number of nitrogens with zero attached hydrogens (tertiary/aromatic N) is 2. The summed E-state index contributed by atoms with van der Waals surface area (Å²) in [6.45, 7) is 2.75. The summed E-state index contributed by atoms with van der Waals surface area (Å²) in [4.78, 5) is 24.4. The Bertz CT molecular complexity index is 248. The highest BCUT2D eigenvalue weighted by Gasteiger charge is 2.05. The molecule has 7 nitrogen and oxygen atoms in total. The van der Waals surface area contributed by atoms with Crippen LogP contribution in [0, 0.1) is 0 Å². The van der Waals surface area contributed by atoms with Gasteiger partial charge in [-0.15, -0.1) is 0 Å². The second-order valence-corrected chi connectivity index (χ2v) is 4.01. The van der Waals surface area contributed by atoms with Gasteiger partial charge in [0.15, 0.2) is 0 Å². The van der Waals surface area contributed by atoms with Crippen molar-refractivity contribution < 1.29 is 19.8 Å². The van der Waals surface area contributed by atoms with E-state index in [4.69, 9.17) is 10.2 Å². The summed E-state index contributed by atoms with van der Waals surface area (Å²) in [5, 5.41) is 19.7. The van der Waals surface area contributed by atoms with Gasteiger partial charge in [0.1, 0.15) is 0 Å². The molecule has 0 heterocycles. The number of likely N-dealkylation sites (N-methyl/N-ethyl adjacent to an activating group) is 2. The molecular weight excluding hydrogens is 226 g/mol. The van der Waals surface area contributed by atoms with E-state index in [-0.39, 0.29) is 13.1 Å². The molecule has 0 fully saturated rings. The lowest BCUT2D eigenvalue weighted by molar-refractivity contribution is -0.138. The quantitative estimate of drug-likeness (QED) is 0.409. The van der Waals surface area contributed by atoms with E-state index >= 15 is 0 Å². The van der Waals surface area contributed by atoms with Gasteiger partial charge in [-0.2, -0.15) is 0 Å². The molecule has 3 N–H and O–H groups in total. The van der Waals surface area contributed by atoms with Gasteiger partial charge >= 0.3 is 11.9 Å². The van der Waals surface area contributed by atoms with Crippen LogP contribution in [0.25, 0.3) is 0 Å². The molecule has 0 aromatic carbocycles. The van der Waals surface area contributed by atoms with Gasteiger partial charge in [0, 0.05) is 26.2 Å². The van der Waals surface area contributed by atoms with Crippen molar-refractivity contribution in [3.05, 3.63) is 0 Å². The van der Waals surface area contributed by atoms with Gasteiger partial charge in [-0.05, 0) is 14.1 Å². The number of nitrogens with one attached hydrogen (secondary N) is 1. The van der Waals surface area contributed by atoms with Crippen molar-refractivity contribution in [1.29, 1.82) is 0 Å². The summed E-state index contributed by atoms with van der Waals surface area (Å²) >= 11 is 0. The Morgan fingerprint density at radius 2 is 1.59 bits per heavy atom. The van der Waals surface area contributed by atoms with Crippen molar-refractivity contribution in [3.63, 3.8) is 0 Å². The second kappa shape index (κ2) is 8.91. The van der Waals surface area contributed by atoms with Crippen molar-refractivity contribution in [2.45, 2.75) is 0 Å². The van der Waals surface area contributed by atoms with Gasteiger partial charge in [-0.25, -0.2) is 0 Å². The first-order valence-electron chi connectivity index (χ1n) is 5.43. The normalized spacial score (nSPS) is 11.1. The van der Waals surface area contributed by atoms with Gasteiger partial charge in [-0.1, -0.05) is 0 Å². The zero-order chi connectivity index (χ0) is 13.3. The molecule has 0 radical (unpaired) electrons. The SMILES string of the molecule is CN(CCNCC(=O)O)CCN(C)CC(=O)O. The molecule has 0 bridgehead atoms. The Morgan fingerprint density at radius 3 is 2.12 bits per heavy atom. The minimum absolute atomic E-state index is 0.0328. The molecule has 0 aliphatic rings. The first kappa shape index (κ1) is 15.8. The van der Waals surface area contributed by atoms with Crippen LogP contribution in [-0.2, 0) is 9.59 Å². The van der Waals surface area contributed by atoms with Gasteiger partial charge in [-0.3, -0.25) is 14.5 Å². The fourth-order valence-electron chi connectivity index (χ4n) is 1.23. The van der Waals surface area contributed by atoms with Gasteiger partial charge in [0.05, 0.1) is 13.1 Å². The van der Waals surface area contributed by atoms with E-state index in [9.17, 15) is 9.59 Å². The number of carboxylic acids is 2. The predicted molar refractivity (Wildman–Crippen MR) is 63.1 cm³/mol. The summed E-state index contributed by atoms with van der Waals surface area (Å²) in [6.07, 6.45) is 0. The van der Waals surface area contributed by atoms with Crippen molar-refractivity contribution in [2.24, 2.45) is 0 Å². The van der Waals surface area contributed by atoms with Crippen molar-refractivity contribution >= 4 is 11.9 Å². The zero-order valence-electron chi connectivity index (χ0n) is 10.3. The predicted octanol–water partition coefficient (Wildman–Crippen LogP) is -1.39. The van der Waals surface area contributed by atoms with Crippen LogP contribution in [0.2, 0.25) is 0 Å². The lowest BCUT2D eigenvalue weighted by Crippen LogP contribution is -2.37. The molecule has 0 saturated heterocycles. The van der Waals surface area contributed by atoms with E-state index in [0.717, 1.165) is 13.1 Å². The first-order chi connectivity index (χ1) is 7.91. The topological polar surface area (TPSA) is 93.1 Å². The Morgan fingerprint density at radius 1 is 1.00 bits per heavy atom. The molecular formula is C10H21N3O4. The van der Waals surface area contributed by atoms with Crippen LogP contribution < -0.4 is 5.32 Å². The minimum atomic E-state index is -0.867. The van der Waals surface area contributed by atoms with E-state index < -0.39 is 11.9 Å². The van der Waals surface area contributed by atoms with Crippen LogP contribution in [0.4, 0.5) is 0 Å². The van der Waals surface area contributed by atoms with Crippen LogP contribution in [0.1, 0.15) is 0 Å². The number of aliphatic carboxylic acids is 2. The van der Waals surface area contributed by atoms with E-state index in [1.165, 1.54) is 0 Å². The molecule has 0 aliphatic heterocycles. The fraction of sp³-hybridized carbons (Fsp3) is 0.800. The third-order valence-electron chi connectivity index (χ3n) is 2.22. The van der Waals surface area contributed by atoms with Crippen LogP contribution in [0.3, 0.4) is 0 Å². The van der Waals surface area contributed by atoms with Crippen molar-refractivity contribution in [1.82, 2.24) is 15.1 Å². The monoisotopic (exact) mass is 247 g/mol. The Hall–Kier alpha value is -1.18. The standard InChI is InChI=1S/C10H21N3O4/c1-12(4-3-11-7-9(14)15)5-6-13(2)8-10(16)17/h11H,3-8H2,1-2H3,(H,14,15)(H,16,17). The van der Waals surface area contributed by atoms with Gasteiger partial charge in [0.2, 0.25) is 0 Å². The largest absolute Gasteiger partial charge is 0.480 e. The summed E-state index contributed by atoms with van der Waals surface area (Å²) in [6, 6.07) is 0. The molecule has 0 unspecified atom stereocenters. The average molecular weight is 247 g/mol. The molecule has 17 heavy (non-hydrogen) atoms. The maximum atomic E-state index is 10.4. The Balaban J connectivity index is 3.48. The second-order valence-electron chi connectivity index (χ2n) is 4.01. The maximum Gasteiger partial charge on any atom is 0.317 e. The first-order valence-corrected chi connectivity index (χ1v) is 5.43. The Kier molecular flexibility index (Phi) is 8.29. The highest BCUT2D eigenvalue weighted by Crippen LogP contribution is 1.86. The molecule has 0 aromatic heterocycles. The number of hydrogen-bond donors (Lipinski definition) is 3. The molecule has 0 aliphatic carbocycles. The highest BCUT2D eigenvalue weighted by atomic mass is 16.4. The van der Waals surface area contributed by atoms with Gasteiger partial charge < -0.3 is 20.4 Å². The minimum Gasteiger partial charge on any atom is -0.480 e. The number of carboxylic acid groups (broad SMARTS) is 2. The fourth-order valence-corrected chi connectivity index (χ4v) is 1.23. The third kappa shape index (κ3) is 11.1. The molecule has 0 saturated carbocycles. The number of rotatable bonds is 10. The van der Waals surface area contributed by atoms with Gasteiger partial charge in [0.25, 0.3) is 0 Å². The van der Waals surface area contributed by atoms with E-state index in [1.807, 2.05) is 11.9 Å². The lowest BCUT2D eigenvalue weighted by Gasteiger charge is -2.20. The summed E-state index contributed by atoms with van der Waals surface area (Å²) in [5.74, 6) is -1.70. The van der Waals surface area contributed by atoms with E-state index in [1.54, 1.807) is 11.9 Å². The molecule has 0 rings (SSSR count). The molecule has 0 aromatic rings. The molecule has 7 heteroatoms. The summed E-state index contributed by atoms with van der Waals surface area (Å²) in [7, 11) is 3.67. The number of hydrogen-bond acceptors (Lipinski definition) is 5. The summed E-state index contributed by atoms with van der Waals surface area (Å²) < 4.78 is 0. The lowest BCUT2D eigenvalue weighted by atomic mass is 10.4. The van der Waals surface area contributed by atoms with Crippen molar-refractivity contribution in [2.75, 3.05) is 53.4 Å². The van der Waals surface area contributed by atoms with Crippen LogP contribution >= 0.6 is 0 Å². The van der Waals surface area contributed by atoms with Crippen LogP contribution in [0.15, 0.2) is 0 Å². The maximum absolute atomic E-state index is 10.4. The van der Waals surface area contributed by atoms with Crippen LogP contribution in [-0.4, -0.2) is 85.3 Å². The van der Waals surface area contributed by atoms with Crippen molar-refractivity contribution in [3.8, 4) is 0 Å². The third-order valence-corrected chi connectivity index (χ3v) is 2.22. The van der Waals surface area contributed by atoms with Crippen LogP contribution in [0.5, 0.6) is 0 Å². The number of carbonyl (C=O) groups is 2. The molecule has 0 spiro atoms. The highest BCUT2D eigenvalue weighted by molar-refractivity contribution is 5.69. The molecule has 0 amide bonds.